The predicted octanol–water partition coefficient (Wildman–Crippen LogP) is 4.57. The molecule has 0 spiro atoms. The van der Waals surface area contributed by atoms with E-state index in [0.29, 0.717) is 29.2 Å². The van der Waals surface area contributed by atoms with Crippen molar-refractivity contribution >= 4 is 23.6 Å². The third-order valence-corrected chi connectivity index (χ3v) is 7.46. The first-order valence-electron chi connectivity index (χ1n) is 12.6. The Hall–Kier alpha value is -2.71. The number of amides is 2. The lowest BCUT2D eigenvalue weighted by atomic mass is 9.79. The number of hydrogen-bond donors (Lipinski definition) is 1. The summed E-state index contributed by atoms with van der Waals surface area (Å²) in [5.74, 6) is 0.129. The molecule has 2 aromatic carbocycles. The Morgan fingerprint density at radius 3 is 2.19 bits per heavy atom. The molecule has 1 heterocycles. The zero-order chi connectivity index (χ0) is 26.2. The van der Waals surface area contributed by atoms with Crippen LogP contribution in [0.15, 0.2) is 41.3 Å². The number of benzene rings is 2. The summed E-state index contributed by atoms with van der Waals surface area (Å²) in [7, 11) is 4.87. The number of methoxy groups -OCH3 is 2. The molecule has 36 heavy (non-hydrogen) atoms. The van der Waals surface area contributed by atoms with E-state index < -0.39 is 12.0 Å². The third kappa shape index (κ3) is 5.98. The zero-order valence-corrected chi connectivity index (χ0v) is 23.1. The Morgan fingerprint density at radius 2 is 1.64 bits per heavy atom. The van der Waals surface area contributed by atoms with E-state index in [4.69, 9.17) is 9.47 Å². The first kappa shape index (κ1) is 27.9. The maximum absolute atomic E-state index is 13.8. The van der Waals surface area contributed by atoms with E-state index in [1.165, 1.54) is 0 Å². The summed E-state index contributed by atoms with van der Waals surface area (Å²) in [6, 6.07) is 11.1. The van der Waals surface area contributed by atoms with Crippen LogP contribution in [0.5, 0.6) is 11.5 Å². The van der Waals surface area contributed by atoms with E-state index in [2.05, 4.69) is 24.1 Å². The van der Waals surface area contributed by atoms with Crippen LogP contribution in [0.1, 0.15) is 60.1 Å². The van der Waals surface area contributed by atoms with Crippen LogP contribution in [0.2, 0.25) is 0 Å². The number of likely N-dealkylation sites (N-methyl/N-ethyl adjacent to an activating group) is 1. The minimum atomic E-state index is -0.589. The molecule has 3 rings (SSSR count). The summed E-state index contributed by atoms with van der Waals surface area (Å²) in [6.45, 7) is 7.70. The average molecular weight is 514 g/mol. The Bertz CT molecular complexity index is 1040. The SMILES string of the molecule is CCCN(CCC)CCNC(=O)[C@H]1c2cc(OC)c(OC)cc2C(=O)N(C)[C@H]1c1ccc(SC)cc1. The minimum Gasteiger partial charge on any atom is -0.493 e. The van der Waals surface area contributed by atoms with Gasteiger partial charge in [-0.15, -0.1) is 11.8 Å². The van der Waals surface area contributed by atoms with E-state index >= 15 is 0 Å². The standard InChI is InChI=1S/C28H39N3O4S/c1-7-14-31(15-8-2)16-13-29-27(32)25-21-17-23(34-4)24(35-5)18-22(21)28(33)30(3)26(25)19-9-11-20(36-6)12-10-19/h9-12,17-18,25-26H,7-8,13-16H2,1-6H3,(H,29,32)/t25-,26-/m0/s1. The molecule has 0 fully saturated rings. The lowest BCUT2D eigenvalue weighted by Gasteiger charge is -2.40. The number of nitrogens with one attached hydrogen (secondary N) is 1. The fourth-order valence-corrected chi connectivity index (χ4v) is 5.37. The van der Waals surface area contributed by atoms with Crippen LogP contribution in [0, 0.1) is 0 Å². The Labute approximate surface area is 219 Å². The highest BCUT2D eigenvalue weighted by Crippen LogP contribution is 2.45. The molecular weight excluding hydrogens is 474 g/mol. The number of fused-ring (bicyclic) bond motifs is 1. The molecule has 0 unspecified atom stereocenters. The van der Waals surface area contributed by atoms with Crippen LogP contribution in [0.3, 0.4) is 0 Å². The molecule has 0 saturated heterocycles. The number of ether oxygens (including phenoxy) is 2. The molecule has 0 saturated carbocycles. The van der Waals surface area contributed by atoms with Gasteiger partial charge >= 0.3 is 0 Å². The van der Waals surface area contributed by atoms with Gasteiger partial charge in [-0.25, -0.2) is 0 Å². The number of carbonyl (C=O) groups excluding carboxylic acids is 2. The third-order valence-electron chi connectivity index (χ3n) is 6.72. The first-order chi connectivity index (χ1) is 17.4. The van der Waals surface area contributed by atoms with Crippen molar-refractivity contribution in [2.75, 3.05) is 53.7 Å². The number of thioether (sulfide) groups is 1. The van der Waals surface area contributed by atoms with Crippen molar-refractivity contribution < 1.29 is 19.1 Å². The van der Waals surface area contributed by atoms with Crippen molar-refractivity contribution in [3.8, 4) is 11.5 Å². The Morgan fingerprint density at radius 1 is 1.03 bits per heavy atom. The molecule has 2 amide bonds. The molecule has 1 aliphatic heterocycles. The van der Waals surface area contributed by atoms with Gasteiger partial charge in [0.2, 0.25) is 5.91 Å². The summed E-state index contributed by atoms with van der Waals surface area (Å²) >= 11 is 1.66. The Balaban J connectivity index is 2.01. The summed E-state index contributed by atoms with van der Waals surface area (Å²) < 4.78 is 11.0. The zero-order valence-electron chi connectivity index (χ0n) is 22.3. The first-order valence-corrected chi connectivity index (χ1v) is 13.8. The van der Waals surface area contributed by atoms with Crippen molar-refractivity contribution in [3.05, 3.63) is 53.1 Å². The van der Waals surface area contributed by atoms with Crippen LogP contribution >= 0.6 is 11.8 Å². The van der Waals surface area contributed by atoms with Gasteiger partial charge in [0, 0.05) is 30.6 Å². The summed E-state index contributed by atoms with van der Waals surface area (Å²) in [5.41, 5.74) is 2.04. The molecule has 1 N–H and O–H groups in total. The predicted molar refractivity (Wildman–Crippen MR) is 145 cm³/mol. The van der Waals surface area contributed by atoms with Gasteiger partial charge in [0.1, 0.15) is 0 Å². The largest absolute Gasteiger partial charge is 0.493 e. The minimum absolute atomic E-state index is 0.102. The van der Waals surface area contributed by atoms with Gasteiger partial charge in [0.05, 0.1) is 26.2 Å². The lowest BCUT2D eigenvalue weighted by molar-refractivity contribution is -0.124. The number of carbonyl (C=O) groups is 2. The van der Waals surface area contributed by atoms with Gasteiger partial charge in [-0.05, 0) is 67.6 Å². The smallest absolute Gasteiger partial charge is 0.254 e. The van der Waals surface area contributed by atoms with Gasteiger partial charge in [0.15, 0.2) is 11.5 Å². The second kappa shape index (κ2) is 13.0. The van der Waals surface area contributed by atoms with Crippen molar-refractivity contribution in [3.63, 3.8) is 0 Å². The molecule has 1 aliphatic rings. The monoisotopic (exact) mass is 513 g/mol. The van der Waals surface area contributed by atoms with Crippen LogP contribution in [0.25, 0.3) is 0 Å². The van der Waals surface area contributed by atoms with E-state index in [0.717, 1.165) is 42.9 Å². The molecular formula is C28H39N3O4S. The van der Waals surface area contributed by atoms with Gasteiger partial charge in [-0.1, -0.05) is 26.0 Å². The van der Waals surface area contributed by atoms with Gasteiger partial charge in [0.25, 0.3) is 5.91 Å². The molecule has 0 radical (unpaired) electrons. The quantitative estimate of drug-likeness (QED) is 0.419. The van der Waals surface area contributed by atoms with Crippen LogP contribution < -0.4 is 14.8 Å². The summed E-state index contributed by atoms with van der Waals surface area (Å²) in [6.07, 6.45) is 4.18. The van der Waals surface area contributed by atoms with Crippen LogP contribution in [0.4, 0.5) is 0 Å². The fourth-order valence-electron chi connectivity index (χ4n) is 4.96. The number of nitrogens with zero attached hydrogens (tertiary/aromatic N) is 2. The summed E-state index contributed by atoms with van der Waals surface area (Å²) in [5, 5.41) is 3.17. The maximum atomic E-state index is 13.8. The second-order valence-electron chi connectivity index (χ2n) is 9.04. The van der Waals surface area contributed by atoms with Gasteiger partial charge in [-0.3, -0.25) is 9.59 Å². The lowest BCUT2D eigenvalue weighted by Crippen LogP contribution is -2.46. The number of hydrogen-bond acceptors (Lipinski definition) is 6. The average Bonchev–Trinajstić information content (AvgIpc) is 2.90. The molecule has 0 bridgehead atoms. The van der Waals surface area contributed by atoms with E-state index in [1.807, 2.05) is 30.5 Å². The topological polar surface area (TPSA) is 71.1 Å². The highest BCUT2D eigenvalue weighted by atomic mass is 32.2. The fraction of sp³-hybridized carbons (Fsp3) is 0.500. The number of rotatable bonds is 12. The molecule has 196 valence electrons. The molecule has 0 aliphatic carbocycles. The van der Waals surface area contributed by atoms with E-state index in [1.54, 1.807) is 50.1 Å². The van der Waals surface area contributed by atoms with Crippen molar-refractivity contribution in [1.82, 2.24) is 15.1 Å². The molecule has 0 aromatic heterocycles. The van der Waals surface area contributed by atoms with Gasteiger partial charge in [-0.2, -0.15) is 0 Å². The van der Waals surface area contributed by atoms with Crippen molar-refractivity contribution in [1.29, 1.82) is 0 Å². The summed E-state index contributed by atoms with van der Waals surface area (Å²) in [4.78, 5) is 32.5. The highest BCUT2D eigenvalue weighted by molar-refractivity contribution is 7.98. The molecule has 7 nitrogen and oxygen atoms in total. The van der Waals surface area contributed by atoms with Crippen LogP contribution in [-0.4, -0.2) is 75.3 Å². The second-order valence-corrected chi connectivity index (χ2v) is 9.92. The van der Waals surface area contributed by atoms with Gasteiger partial charge < -0.3 is 24.6 Å². The molecule has 2 aromatic rings. The van der Waals surface area contributed by atoms with Crippen LogP contribution in [-0.2, 0) is 4.79 Å². The Kier molecular flexibility index (Phi) is 10.1. The van der Waals surface area contributed by atoms with Crippen molar-refractivity contribution in [2.24, 2.45) is 0 Å². The highest BCUT2D eigenvalue weighted by Gasteiger charge is 2.43. The van der Waals surface area contributed by atoms with E-state index in [-0.39, 0.29) is 11.8 Å². The van der Waals surface area contributed by atoms with E-state index in [9.17, 15) is 9.59 Å². The molecule has 2 atom stereocenters. The van der Waals surface area contributed by atoms with Crippen molar-refractivity contribution in [2.45, 2.75) is 43.5 Å². The normalized spacial score (nSPS) is 17.2. The molecule has 8 heteroatoms. The maximum Gasteiger partial charge on any atom is 0.254 e.